The average molecular weight is 284 g/mol. The fourth-order valence-electron chi connectivity index (χ4n) is 2.35. The van der Waals surface area contributed by atoms with E-state index in [1.54, 1.807) is 6.07 Å². The molecule has 0 saturated carbocycles. The molecule has 108 valence electrons. The van der Waals surface area contributed by atoms with Crippen molar-refractivity contribution in [2.75, 3.05) is 6.54 Å². The minimum atomic E-state index is -0.249. The first-order valence-corrected chi connectivity index (χ1v) is 7.04. The molecular formula is C17H17FN2O. The maximum Gasteiger partial charge on any atom is 0.145 e. The molecule has 0 bridgehead atoms. The normalized spacial score (nSPS) is 17.4. The summed E-state index contributed by atoms with van der Waals surface area (Å²) in [5.41, 5.74) is 2.84. The quantitative estimate of drug-likeness (QED) is 0.915. The van der Waals surface area contributed by atoms with Crippen molar-refractivity contribution in [2.24, 2.45) is 5.16 Å². The van der Waals surface area contributed by atoms with E-state index in [-0.39, 0.29) is 11.9 Å². The highest BCUT2D eigenvalue weighted by Gasteiger charge is 2.21. The highest BCUT2D eigenvalue weighted by Crippen LogP contribution is 2.17. The van der Waals surface area contributed by atoms with Crippen LogP contribution in [0.5, 0.6) is 0 Å². The van der Waals surface area contributed by atoms with Gasteiger partial charge in [-0.25, -0.2) is 4.39 Å². The van der Waals surface area contributed by atoms with E-state index in [2.05, 4.69) is 22.6 Å². The van der Waals surface area contributed by atoms with E-state index in [1.165, 1.54) is 17.7 Å². The molecule has 1 aliphatic rings. The minimum absolute atomic E-state index is 0.00646. The predicted molar refractivity (Wildman–Crippen MR) is 80.6 cm³/mol. The molecule has 0 fully saturated rings. The van der Waals surface area contributed by atoms with Crippen molar-refractivity contribution in [3.05, 3.63) is 71.5 Å². The summed E-state index contributed by atoms with van der Waals surface area (Å²) in [5, 5.41) is 7.42. The van der Waals surface area contributed by atoms with Crippen molar-refractivity contribution in [3.63, 3.8) is 0 Å². The van der Waals surface area contributed by atoms with Crippen molar-refractivity contribution in [3.8, 4) is 0 Å². The molecule has 4 heteroatoms. The lowest BCUT2D eigenvalue weighted by Crippen LogP contribution is -2.26. The maximum atomic E-state index is 13.2. The molecule has 1 N–H and O–H groups in total. The number of oxime groups is 1. The van der Waals surface area contributed by atoms with Gasteiger partial charge in [0.25, 0.3) is 0 Å². The number of halogens is 1. The van der Waals surface area contributed by atoms with Crippen LogP contribution >= 0.6 is 0 Å². The number of nitrogens with one attached hydrogen (secondary N) is 1. The molecule has 1 aliphatic heterocycles. The maximum absolute atomic E-state index is 13.2. The fraction of sp³-hybridized carbons (Fsp3) is 0.235. The predicted octanol–water partition coefficient (Wildman–Crippen LogP) is 3.11. The number of hydrogen-bond acceptors (Lipinski definition) is 3. The van der Waals surface area contributed by atoms with Crippen LogP contribution in [0.4, 0.5) is 4.39 Å². The Kier molecular flexibility index (Phi) is 4.26. The van der Waals surface area contributed by atoms with Crippen LogP contribution in [0, 0.1) is 5.82 Å². The molecule has 3 nitrogen and oxygen atoms in total. The number of nitrogens with zero attached hydrogens (tertiary/aromatic N) is 1. The number of rotatable bonds is 5. The van der Waals surface area contributed by atoms with Gasteiger partial charge in [-0.05, 0) is 17.7 Å². The molecule has 0 radical (unpaired) electrons. The Balaban J connectivity index is 1.48. The van der Waals surface area contributed by atoms with Gasteiger partial charge < -0.3 is 10.2 Å². The Morgan fingerprint density at radius 2 is 2.00 bits per heavy atom. The third kappa shape index (κ3) is 3.67. The van der Waals surface area contributed by atoms with Crippen LogP contribution in [0.25, 0.3) is 0 Å². The van der Waals surface area contributed by atoms with E-state index in [4.69, 9.17) is 4.84 Å². The molecule has 0 spiro atoms. The number of benzene rings is 2. The molecule has 2 aromatic carbocycles. The van der Waals surface area contributed by atoms with Crippen LogP contribution in [0.3, 0.4) is 0 Å². The van der Waals surface area contributed by atoms with Crippen molar-refractivity contribution < 1.29 is 9.23 Å². The molecule has 1 atom stereocenters. The summed E-state index contributed by atoms with van der Waals surface area (Å²) in [6, 6.07) is 16.7. The van der Waals surface area contributed by atoms with E-state index in [9.17, 15) is 4.39 Å². The summed E-state index contributed by atoms with van der Waals surface area (Å²) < 4.78 is 13.2. The third-order valence-electron chi connectivity index (χ3n) is 3.43. The van der Waals surface area contributed by atoms with Crippen LogP contribution in [0.15, 0.2) is 59.8 Å². The monoisotopic (exact) mass is 284 g/mol. The Bertz CT molecular complexity index is 628. The molecule has 0 unspecified atom stereocenters. The lowest BCUT2D eigenvalue weighted by molar-refractivity contribution is 0.0848. The molecule has 1 heterocycles. The lowest BCUT2D eigenvalue weighted by Gasteiger charge is -2.09. The highest BCUT2D eigenvalue weighted by molar-refractivity contribution is 6.01. The van der Waals surface area contributed by atoms with E-state index in [0.717, 1.165) is 24.4 Å². The van der Waals surface area contributed by atoms with Crippen LogP contribution < -0.4 is 5.32 Å². The second kappa shape index (κ2) is 6.50. The molecule has 0 amide bonds. The first kappa shape index (κ1) is 13.8. The smallest absolute Gasteiger partial charge is 0.145 e. The zero-order valence-corrected chi connectivity index (χ0v) is 11.6. The van der Waals surface area contributed by atoms with E-state index < -0.39 is 0 Å². The highest BCUT2D eigenvalue weighted by atomic mass is 19.1. The summed E-state index contributed by atoms with van der Waals surface area (Å²) in [7, 11) is 0. The first-order valence-electron chi connectivity index (χ1n) is 7.04. The van der Waals surface area contributed by atoms with Gasteiger partial charge >= 0.3 is 0 Å². The molecule has 2 aromatic rings. The lowest BCUT2D eigenvalue weighted by atomic mass is 10.0. The fourth-order valence-corrected chi connectivity index (χ4v) is 2.35. The largest absolute Gasteiger partial charge is 0.390 e. The van der Waals surface area contributed by atoms with Gasteiger partial charge in [-0.3, -0.25) is 0 Å². The van der Waals surface area contributed by atoms with Gasteiger partial charge in [0, 0.05) is 25.1 Å². The van der Waals surface area contributed by atoms with Gasteiger partial charge in [-0.15, -0.1) is 0 Å². The van der Waals surface area contributed by atoms with Crippen molar-refractivity contribution in [2.45, 2.75) is 19.1 Å². The molecule has 3 rings (SSSR count). The first-order chi connectivity index (χ1) is 10.3. The van der Waals surface area contributed by atoms with Crippen LogP contribution in [-0.4, -0.2) is 18.4 Å². The topological polar surface area (TPSA) is 33.6 Å². The third-order valence-corrected chi connectivity index (χ3v) is 3.43. The van der Waals surface area contributed by atoms with Gasteiger partial charge in [0.2, 0.25) is 0 Å². The zero-order chi connectivity index (χ0) is 14.5. The van der Waals surface area contributed by atoms with Crippen molar-refractivity contribution >= 4 is 5.71 Å². The van der Waals surface area contributed by atoms with E-state index >= 15 is 0 Å². The number of hydrogen-bond donors (Lipinski definition) is 1. The van der Waals surface area contributed by atoms with Crippen LogP contribution in [0.2, 0.25) is 0 Å². The Labute approximate surface area is 123 Å². The van der Waals surface area contributed by atoms with Crippen LogP contribution in [-0.2, 0) is 11.4 Å². The van der Waals surface area contributed by atoms with Crippen LogP contribution in [0.1, 0.15) is 17.5 Å². The summed E-state index contributed by atoms with van der Waals surface area (Å²) in [6.45, 7) is 1.52. The summed E-state index contributed by atoms with van der Waals surface area (Å²) in [6.07, 6.45) is 0.706. The van der Waals surface area contributed by atoms with Gasteiger partial charge in [0.05, 0.1) is 5.71 Å². The second-order valence-corrected chi connectivity index (χ2v) is 5.10. The Morgan fingerprint density at radius 3 is 2.81 bits per heavy atom. The van der Waals surface area contributed by atoms with Gasteiger partial charge in [0.15, 0.2) is 0 Å². The van der Waals surface area contributed by atoms with Gasteiger partial charge in [-0.2, -0.15) is 0 Å². The summed E-state index contributed by atoms with van der Waals surface area (Å²) in [5.74, 6) is -0.249. The molecule has 0 aromatic heterocycles. The van der Waals surface area contributed by atoms with Gasteiger partial charge in [0.1, 0.15) is 11.9 Å². The molecule has 21 heavy (non-hydrogen) atoms. The van der Waals surface area contributed by atoms with E-state index in [0.29, 0.717) is 6.42 Å². The minimum Gasteiger partial charge on any atom is -0.390 e. The van der Waals surface area contributed by atoms with Crippen molar-refractivity contribution in [1.29, 1.82) is 0 Å². The molecule has 0 saturated heterocycles. The van der Waals surface area contributed by atoms with E-state index in [1.807, 2.05) is 24.3 Å². The average Bonchev–Trinajstić information content (AvgIpc) is 2.97. The second-order valence-electron chi connectivity index (χ2n) is 5.10. The summed E-state index contributed by atoms with van der Waals surface area (Å²) >= 11 is 0. The summed E-state index contributed by atoms with van der Waals surface area (Å²) in [4.78, 5) is 5.40. The molecular weight excluding hydrogens is 267 g/mol. The zero-order valence-electron chi connectivity index (χ0n) is 11.6. The SMILES string of the molecule is Fc1cccc(C2=NO[C@H](CNCc3ccccc3)C2)c1. The standard InChI is InChI=1S/C17H17FN2O/c18-15-8-4-7-14(9-15)17-10-16(21-20-17)12-19-11-13-5-2-1-3-6-13/h1-9,16,19H,10-12H2/t16-/m0/s1. The Hall–Kier alpha value is -2.20. The molecule has 0 aliphatic carbocycles. The van der Waals surface area contributed by atoms with Gasteiger partial charge in [-0.1, -0.05) is 47.6 Å². The Morgan fingerprint density at radius 1 is 1.14 bits per heavy atom. The van der Waals surface area contributed by atoms with Crippen molar-refractivity contribution in [1.82, 2.24) is 5.32 Å².